The van der Waals surface area contributed by atoms with Gasteiger partial charge in [-0.3, -0.25) is 0 Å². The van der Waals surface area contributed by atoms with Gasteiger partial charge in [-0.05, 0) is 108 Å². The van der Waals surface area contributed by atoms with Gasteiger partial charge in [0, 0.05) is 21.9 Å². The molecule has 12 aromatic carbocycles. The van der Waals surface area contributed by atoms with Gasteiger partial charge in [0.05, 0.1) is 21.9 Å². The molecule has 3 aromatic heterocycles. The molecule has 0 radical (unpaired) electrons. The number of para-hydroxylation sites is 8. The number of nitrogens with zero attached hydrogens (tertiary/aromatic N) is 6. The van der Waals surface area contributed by atoms with Gasteiger partial charge in [-0.1, -0.05) is 194 Å². The first-order valence-corrected chi connectivity index (χ1v) is 30.9. The van der Waals surface area contributed by atoms with Crippen LogP contribution in [0.15, 0.2) is 291 Å². The molecule has 0 saturated heterocycles. The number of aromatic amines is 2. The zero-order valence-electron chi connectivity index (χ0n) is 50.7. The molecule has 0 saturated carbocycles. The molecule has 0 fully saturated rings. The highest BCUT2D eigenvalue weighted by atomic mass is 28.1. The van der Waals surface area contributed by atoms with Crippen molar-refractivity contribution in [2.45, 2.75) is 0 Å². The van der Waals surface area contributed by atoms with E-state index in [1.54, 1.807) is 0 Å². The maximum Gasteiger partial charge on any atom is 0.217 e. The number of H-pyrrole nitrogens is 2. The van der Waals surface area contributed by atoms with Gasteiger partial charge < -0.3 is 47.9 Å². The molecule has 17 rings (SSSR count). The number of benzene rings is 12. The van der Waals surface area contributed by atoms with E-state index in [9.17, 15) is 0 Å². The van der Waals surface area contributed by atoms with E-state index in [2.05, 4.69) is 9.97 Å². The maximum absolute atomic E-state index is 7.32. The van der Waals surface area contributed by atoms with Gasteiger partial charge in [0.1, 0.15) is 68.6 Å². The van der Waals surface area contributed by atoms with Crippen molar-refractivity contribution in [1.82, 2.24) is 39.9 Å². The maximum atomic E-state index is 7.32. The summed E-state index contributed by atoms with van der Waals surface area (Å²) in [6.45, 7) is 0. The second-order valence-electron chi connectivity index (χ2n) is 22.2. The molecule has 0 amide bonds. The molecule has 15 aromatic rings. The Kier molecular flexibility index (Phi) is 15.5. The van der Waals surface area contributed by atoms with Gasteiger partial charge in [0.25, 0.3) is 0 Å². The third-order valence-corrected chi connectivity index (χ3v) is 15.9. The molecular weight excluding hydrogens is 1230 g/mol. The zero-order valence-corrected chi connectivity index (χ0v) is 50.7. The first-order valence-electron chi connectivity index (χ1n) is 30.9. The Morgan fingerprint density at radius 2 is 0.412 bits per heavy atom. The van der Waals surface area contributed by atoms with Crippen LogP contribution in [0, 0.1) is 0 Å². The Hall–Kier alpha value is -13.4. The molecule has 2 aliphatic rings. The summed E-state index contributed by atoms with van der Waals surface area (Å²) in [5, 5.41) is 2.18. The number of hydrogen-bond donors (Lipinski definition) is 2. The summed E-state index contributed by atoms with van der Waals surface area (Å²) in [5.41, 5.74) is 3.35. The lowest BCUT2D eigenvalue weighted by molar-refractivity contribution is 0.368. The molecule has 0 spiro atoms. The highest BCUT2D eigenvalue weighted by molar-refractivity contribution is 6.15. The predicted molar refractivity (Wildman–Crippen MR) is 380 cm³/mol. The first kappa shape index (κ1) is 58.7. The van der Waals surface area contributed by atoms with Gasteiger partial charge in [-0.15, -0.1) is 0 Å². The summed E-state index contributed by atoms with van der Waals surface area (Å²) in [7, 11) is 0. The largest absolute Gasteiger partial charge is 0.452 e. The topological polar surface area (TPSA) is 183 Å². The number of aromatic nitrogens is 8. The summed E-state index contributed by atoms with van der Waals surface area (Å²) in [6.07, 6.45) is 0. The third kappa shape index (κ3) is 11.4. The van der Waals surface area contributed by atoms with Crippen LogP contribution in [0.3, 0.4) is 0 Å². The van der Waals surface area contributed by atoms with E-state index in [1.165, 1.54) is 0 Å². The second-order valence-corrected chi connectivity index (χ2v) is 22.2. The summed E-state index contributed by atoms with van der Waals surface area (Å²) in [6, 6.07) is 90.8. The predicted octanol–water partition coefficient (Wildman–Crippen LogP) is 19.8. The summed E-state index contributed by atoms with van der Waals surface area (Å²) in [5.74, 6) is 5.72. The van der Waals surface area contributed by atoms with Crippen LogP contribution in [0.25, 0.3) is 89.7 Å². The summed E-state index contributed by atoms with van der Waals surface area (Å²) in [4.78, 5) is 40.4. The molecule has 5 heterocycles. The minimum atomic E-state index is 0. The van der Waals surface area contributed by atoms with Crippen molar-refractivity contribution >= 4 is 55.1 Å². The molecule has 16 nitrogen and oxygen atoms in total. The van der Waals surface area contributed by atoms with Crippen molar-refractivity contribution in [2.24, 2.45) is 0 Å². The molecule has 0 aliphatic carbocycles. The van der Waals surface area contributed by atoms with Crippen LogP contribution in [0.4, 0.5) is 0 Å². The molecule has 2 aliphatic heterocycles. The molecule has 0 unspecified atom stereocenters. The highest BCUT2D eigenvalue weighted by Crippen LogP contribution is 2.62. The molecule has 466 valence electrons. The molecule has 17 heteroatoms. The quantitative estimate of drug-likeness (QED) is 0.0871. The van der Waals surface area contributed by atoms with Crippen molar-refractivity contribution in [3.8, 4) is 138 Å². The van der Waals surface area contributed by atoms with Crippen LogP contribution in [0.1, 0.15) is 0 Å². The fraction of sp³-hybridized carbons (Fsp3) is 0. The van der Waals surface area contributed by atoms with Crippen LogP contribution in [0.5, 0.6) is 92.0 Å². The number of hydrogen-bond acceptors (Lipinski definition) is 14. The van der Waals surface area contributed by atoms with E-state index >= 15 is 0 Å². The standard InChI is InChI=1S/C80H50N8O8.H4Si/c1-9-29-49(30-10-1)89-65-61-63(67(91-51-33-13-3-14-34-51)71(95-55-41-21-7-22-42-55)69(65)93-53-37-17-5-18-38-53)79-86-77(61)84-75-59-47-27-25-45-57(59)73(82-75)81-74-58-46-26-28-48-60(58)76(83-74)85-78-62-64(80(87-78)88-79)68(92-52-35-15-4-16-36-52)72(96-56-43-23-8-24-44-56)70(94-54-39-19-6-20-40-54)66(62)90-50-31-11-2-12-32-50;/h1-48H,(H2,81,82,83,84,85,86,87,88);1H4. The lowest BCUT2D eigenvalue weighted by atomic mass is 10.0. The fourth-order valence-electron chi connectivity index (χ4n) is 11.6. The minimum Gasteiger partial charge on any atom is -0.452 e. The van der Waals surface area contributed by atoms with Crippen molar-refractivity contribution in [3.05, 3.63) is 291 Å². The smallest absolute Gasteiger partial charge is 0.217 e. The van der Waals surface area contributed by atoms with E-state index in [0.717, 1.165) is 16.3 Å². The van der Waals surface area contributed by atoms with Crippen LogP contribution in [-0.2, 0) is 0 Å². The van der Waals surface area contributed by atoms with E-state index in [0.29, 0.717) is 96.4 Å². The lowest BCUT2D eigenvalue weighted by Gasteiger charge is -2.23. The number of nitrogens with one attached hydrogen (secondary N) is 2. The molecular formula is C80H54N8O8Si. The van der Waals surface area contributed by atoms with E-state index in [-0.39, 0.29) is 79.9 Å². The Bertz CT molecular complexity index is 5590. The van der Waals surface area contributed by atoms with E-state index < -0.39 is 0 Å². The van der Waals surface area contributed by atoms with Gasteiger partial charge in [0.15, 0.2) is 46.3 Å². The summed E-state index contributed by atoms with van der Waals surface area (Å²) >= 11 is 0. The van der Waals surface area contributed by atoms with Crippen molar-refractivity contribution in [2.75, 3.05) is 0 Å². The van der Waals surface area contributed by atoms with Crippen molar-refractivity contribution < 1.29 is 37.9 Å². The Balaban J connectivity index is 0.00000738. The molecule has 97 heavy (non-hydrogen) atoms. The first-order chi connectivity index (χ1) is 47.6. The number of rotatable bonds is 16. The average molecular weight is 1280 g/mol. The van der Waals surface area contributed by atoms with Gasteiger partial charge in [0.2, 0.25) is 23.0 Å². The van der Waals surface area contributed by atoms with Gasteiger partial charge >= 0.3 is 0 Å². The third-order valence-electron chi connectivity index (χ3n) is 15.9. The average Bonchev–Trinajstić information content (AvgIpc) is 1.62. The lowest BCUT2D eigenvalue weighted by Crippen LogP contribution is -2.02. The highest BCUT2D eigenvalue weighted by Gasteiger charge is 2.39. The van der Waals surface area contributed by atoms with Crippen molar-refractivity contribution in [3.63, 3.8) is 0 Å². The zero-order chi connectivity index (χ0) is 63.7. The molecule has 8 bridgehead atoms. The second kappa shape index (κ2) is 25.6. The molecule has 2 N–H and O–H groups in total. The van der Waals surface area contributed by atoms with Crippen LogP contribution in [0.2, 0.25) is 0 Å². The van der Waals surface area contributed by atoms with Crippen LogP contribution >= 0.6 is 0 Å². The Morgan fingerprint density at radius 1 is 0.196 bits per heavy atom. The Labute approximate surface area is 558 Å². The Morgan fingerprint density at radius 3 is 0.732 bits per heavy atom. The molecule has 0 atom stereocenters. The van der Waals surface area contributed by atoms with Gasteiger partial charge in [-0.25, -0.2) is 29.9 Å². The minimum absolute atomic E-state index is 0. The van der Waals surface area contributed by atoms with Crippen LogP contribution in [-0.4, -0.2) is 50.8 Å². The normalized spacial score (nSPS) is 11.2. The van der Waals surface area contributed by atoms with Crippen LogP contribution < -0.4 is 37.9 Å². The van der Waals surface area contributed by atoms with Gasteiger partial charge in [-0.2, -0.15) is 0 Å². The fourth-order valence-corrected chi connectivity index (χ4v) is 11.6. The van der Waals surface area contributed by atoms with E-state index in [1.807, 2.05) is 291 Å². The number of ether oxygens (including phenoxy) is 8. The monoisotopic (exact) mass is 1280 g/mol. The SMILES string of the molecule is [SiH4].c1ccc(Oc2c(Oc3ccccc3)c(Oc3ccccc3)c3c(c2Oc2ccccc2)-c2nc-3nc3[nH]c(nc4nc(nc5[nH]c(n2)c2ccccc52)-c2ccccc2-4)c2c(Oc4ccccc4)c(Oc4ccccc4)c(Oc4ccccc4)c(Oc4ccccc4)c32)cc1. The van der Waals surface area contributed by atoms with Crippen molar-refractivity contribution in [1.29, 1.82) is 0 Å². The summed E-state index contributed by atoms with van der Waals surface area (Å²) < 4.78 is 57.9. The number of fused-ring (bicyclic) bond motifs is 20. The van der Waals surface area contributed by atoms with E-state index in [4.69, 9.17) is 67.8 Å².